The molecule has 0 saturated carbocycles. The summed E-state index contributed by atoms with van der Waals surface area (Å²) in [4.78, 5) is 3.97. The van der Waals surface area contributed by atoms with Gasteiger partial charge in [-0.1, -0.05) is 0 Å². The second-order valence-electron chi connectivity index (χ2n) is 1.95. The molecule has 0 aromatic carbocycles. The fraction of sp³-hybridized carbons (Fsp3) is 0.286. The highest BCUT2D eigenvalue weighted by atomic mass is 79.9. The SMILES string of the molecule is CCOc1ccc(Br)c(N)n1. The molecule has 0 saturated heterocycles. The summed E-state index contributed by atoms with van der Waals surface area (Å²) in [5.74, 6) is 1.02. The number of hydrogen-bond acceptors (Lipinski definition) is 3. The topological polar surface area (TPSA) is 48.1 Å². The minimum Gasteiger partial charge on any atom is -0.478 e. The van der Waals surface area contributed by atoms with E-state index in [1.54, 1.807) is 6.07 Å². The number of pyridine rings is 1. The number of nitrogen functional groups attached to an aromatic ring is 1. The van der Waals surface area contributed by atoms with Gasteiger partial charge in [-0.05, 0) is 28.9 Å². The molecule has 0 aliphatic heterocycles. The van der Waals surface area contributed by atoms with Gasteiger partial charge in [0.25, 0.3) is 0 Å². The average Bonchev–Trinajstić information content (AvgIpc) is 1.98. The Kier molecular flexibility index (Phi) is 2.70. The third kappa shape index (κ3) is 2.08. The lowest BCUT2D eigenvalue weighted by Gasteiger charge is -2.02. The van der Waals surface area contributed by atoms with Gasteiger partial charge in [0.05, 0.1) is 11.1 Å². The van der Waals surface area contributed by atoms with Crippen LogP contribution in [-0.2, 0) is 0 Å². The Labute approximate surface area is 73.7 Å². The van der Waals surface area contributed by atoms with Crippen molar-refractivity contribution < 1.29 is 4.74 Å². The largest absolute Gasteiger partial charge is 0.478 e. The molecule has 1 heterocycles. The summed E-state index contributed by atoms with van der Waals surface area (Å²) >= 11 is 3.24. The molecule has 0 spiro atoms. The summed E-state index contributed by atoms with van der Waals surface area (Å²) in [5.41, 5.74) is 5.51. The Morgan fingerprint density at radius 1 is 1.64 bits per heavy atom. The zero-order valence-electron chi connectivity index (χ0n) is 6.17. The Morgan fingerprint density at radius 2 is 2.36 bits per heavy atom. The minimum atomic E-state index is 0.455. The van der Waals surface area contributed by atoms with Crippen LogP contribution >= 0.6 is 15.9 Å². The Morgan fingerprint density at radius 3 is 2.91 bits per heavy atom. The zero-order valence-corrected chi connectivity index (χ0v) is 7.76. The predicted molar refractivity (Wildman–Crippen MR) is 47.5 cm³/mol. The van der Waals surface area contributed by atoms with E-state index in [9.17, 15) is 0 Å². The van der Waals surface area contributed by atoms with Gasteiger partial charge < -0.3 is 10.5 Å². The summed E-state index contributed by atoms with van der Waals surface area (Å²) in [6.07, 6.45) is 0. The molecule has 4 heteroatoms. The van der Waals surface area contributed by atoms with Crippen molar-refractivity contribution in [2.75, 3.05) is 12.3 Å². The quantitative estimate of drug-likeness (QED) is 0.821. The number of rotatable bonds is 2. The Balaban J connectivity index is 2.86. The van der Waals surface area contributed by atoms with Crippen LogP contribution in [0.15, 0.2) is 16.6 Å². The van der Waals surface area contributed by atoms with E-state index in [2.05, 4.69) is 20.9 Å². The van der Waals surface area contributed by atoms with Crippen molar-refractivity contribution in [2.45, 2.75) is 6.92 Å². The van der Waals surface area contributed by atoms with Gasteiger partial charge in [0.2, 0.25) is 5.88 Å². The molecule has 0 atom stereocenters. The van der Waals surface area contributed by atoms with Crippen LogP contribution in [0.2, 0.25) is 0 Å². The molecule has 0 unspecified atom stereocenters. The smallest absolute Gasteiger partial charge is 0.215 e. The van der Waals surface area contributed by atoms with Crippen LogP contribution in [0.4, 0.5) is 5.82 Å². The van der Waals surface area contributed by atoms with Crippen LogP contribution in [0, 0.1) is 0 Å². The lowest BCUT2D eigenvalue weighted by molar-refractivity contribution is 0.327. The molecular formula is C7H9BrN2O. The molecule has 2 N–H and O–H groups in total. The second kappa shape index (κ2) is 3.57. The lowest BCUT2D eigenvalue weighted by atomic mass is 10.4. The van der Waals surface area contributed by atoms with Crippen LogP contribution in [0.3, 0.4) is 0 Å². The van der Waals surface area contributed by atoms with Crippen LogP contribution in [0.5, 0.6) is 5.88 Å². The lowest BCUT2D eigenvalue weighted by Crippen LogP contribution is -1.97. The number of halogens is 1. The summed E-state index contributed by atoms with van der Waals surface area (Å²) in [7, 11) is 0. The van der Waals surface area contributed by atoms with Gasteiger partial charge in [-0.25, -0.2) is 0 Å². The van der Waals surface area contributed by atoms with Crippen LogP contribution in [-0.4, -0.2) is 11.6 Å². The number of anilines is 1. The van der Waals surface area contributed by atoms with Crippen LogP contribution < -0.4 is 10.5 Å². The minimum absolute atomic E-state index is 0.455. The van der Waals surface area contributed by atoms with E-state index < -0.39 is 0 Å². The fourth-order valence-corrected chi connectivity index (χ4v) is 0.888. The van der Waals surface area contributed by atoms with E-state index in [1.807, 2.05) is 13.0 Å². The number of nitrogens with zero attached hydrogens (tertiary/aromatic N) is 1. The maximum atomic E-state index is 5.51. The normalized spacial score (nSPS) is 9.64. The van der Waals surface area contributed by atoms with Gasteiger partial charge >= 0.3 is 0 Å². The number of aromatic nitrogens is 1. The number of nitrogens with two attached hydrogens (primary N) is 1. The fourth-order valence-electron chi connectivity index (χ4n) is 0.667. The summed E-state index contributed by atoms with van der Waals surface area (Å²) in [6.45, 7) is 2.51. The molecule has 0 amide bonds. The molecule has 3 nitrogen and oxygen atoms in total. The maximum Gasteiger partial charge on any atom is 0.215 e. The molecule has 1 aromatic rings. The van der Waals surface area contributed by atoms with E-state index in [-0.39, 0.29) is 0 Å². The molecule has 0 aliphatic carbocycles. The van der Waals surface area contributed by atoms with Crippen molar-refractivity contribution in [2.24, 2.45) is 0 Å². The molecule has 0 bridgehead atoms. The monoisotopic (exact) mass is 216 g/mol. The first-order chi connectivity index (χ1) is 5.24. The summed E-state index contributed by atoms with van der Waals surface area (Å²) in [5, 5.41) is 0. The second-order valence-corrected chi connectivity index (χ2v) is 2.80. The van der Waals surface area contributed by atoms with E-state index in [4.69, 9.17) is 10.5 Å². The van der Waals surface area contributed by atoms with Crippen molar-refractivity contribution in [1.82, 2.24) is 4.98 Å². The summed E-state index contributed by atoms with van der Waals surface area (Å²) < 4.78 is 5.92. The first kappa shape index (κ1) is 8.33. The third-order valence-electron chi connectivity index (χ3n) is 1.14. The summed E-state index contributed by atoms with van der Waals surface area (Å²) in [6, 6.07) is 3.58. The zero-order chi connectivity index (χ0) is 8.27. The molecule has 60 valence electrons. The highest BCUT2D eigenvalue weighted by molar-refractivity contribution is 9.10. The average molecular weight is 217 g/mol. The standard InChI is InChI=1S/C7H9BrN2O/c1-2-11-6-4-3-5(8)7(9)10-6/h3-4H,2H2,1H3,(H2,9,10). The first-order valence-corrected chi connectivity index (χ1v) is 4.08. The molecule has 11 heavy (non-hydrogen) atoms. The van der Waals surface area contributed by atoms with Crippen molar-refractivity contribution in [3.8, 4) is 5.88 Å². The molecule has 0 fully saturated rings. The predicted octanol–water partition coefficient (Wildman–Crippen LogP) is 1.82. The van der Waals surface area contributed by atoms with Gasteiger partial charge in [0.15, 0.2) is 0 Å². The number of ether oxygens (including phenoxy) is 1. The van der Waals surface area contributed by atoms with Crippen molar-refractivity contribution in [3.63, 3.8) is 0 Å². The van der Waals surface area contributed by atoms with Gasteiger partial charge in [0.1, 0.15) is 5.82 Å². The van der Waals surface area contributed by atoms with Crippen molar-refractivity contribution in [1.29, 1.82) is 0 Å². The van der Waals surface area contributed by atoms with Crippen LogP contribution in [0.1, 0.15) is 6.92 Å². The molecule has 0 aliphatic rings. The van der Waals surface area contributed by atoms with E-state index >= 15 is 0 Å². The van der Waals surface area contributed by atoms with E-state index in [0.29, 0.717) is 18.3 Å². The van der Waals surface area contributed by atoms with E-state index in [0.717, 1.165) is 4.47 Å². The molecule has 1 rings (SSSR count). The van der Waals surface area contributed by atoms with E-state index in [1.165, 1.54) is 0 Å². The Hall–Kier alpha value is -0.770. The highest BCUT2D eigenvalue weighted by Crippen LogP contribution is 2.19. The maximum absolute atomic E-state index is 5.51. The van der Waals surface area contributed by atoms with Gasteiger partial charge in [-0.15, -0.1) is 0 Å². The van der Waals surface area contributed by atoms with Gasteiger partial charge in [0, 0.05) is 6.07 Å². The van der Waals surface area contributed by atoms with Gasteiger partial charge in [-0.3, -0.25) is 0 Å². The molecule has 1 aromatic heterocycles. The number of hydrogen-bond donors (Lipinski definition) is 1. The molecular weight excluding hydrogens is 208 g/mol. The Bertz CT molecular complexity index is 252. The molecule has 0 radical (unpaired) electrons. The third-order valence-corrected chi connectivity index (χ3v) is 1.81. The van der Waals surface area contributed by atoms with Crippen molar-refractivity contribution in [3.05, 3.63) is 16.6 Å². The van der Waals surface area contributed by atoms with Crippen LogP contribution in [0.25, 0.3) is 0 Å². The van der Waals surface area contributed by atoms with Crippen molar-refractivity contribution >= 4 is 21.7 Å². The first-order valence-electron chi connectivity index (χ1n) is 3.29. The highest BCUT2D eigenvalue weighted by Gasteiger charge is 1.98. The van der Waals surface area contributed by atoms with Gasteiger partial charge in [-0.2, -0.15) is 4.98 Å².